The number of amides is 1. The standard InChI is InChI=1S/C18H23NO3/c1-12-10-15-4-2-3-5-16(15)19(11-12)17(20)13-6-8-14(9-7-13)18(21)22/h2-5,12-14H,6-11H2,1H3,(H,21,22). The van der Waals surface area contributed by atoms with Crippen molar-refractivity contribution in [1.82, 2.24) is 0 Å². The molecule has 1 aliphatic heterocycles. The molecule has 1 aromatic carbocycles. The monoisotopic (exact) mass is 301 g/mol. The highest BCUT2D eigenvalue weighted by atomic mass is 16.4. The van der Waals surface area contributed by atoms with Gasteiger partial charge in [0.1, 0.15) is 0 Å². The van der Waals surface area contributed by atoms with E-state index in [2.05, 4.69) is 13.0 Å². The van der Waals surface area contributed by atoms with Crippen LogP contribution in [0.4, 0.5) is 5.69 Å². The number of carboxylic acids is 1. The summed E-state index contributed by atoms with van der Waals surface area (Å²) in [5, 5.41) is 9.08. The Morgan fingerprint density at radius 1 is 1.09 bits per heavy atom. The normalized spacial score (nSPS) is 28.0. The lowest BCUT2D eigenvalue weighted by molar-refractivity contribution is -0.144. The molecule has 1 unspecified atom stereocenters. The molecule has 0 bridgehead atoms. The first-order valence-electron chi connectivity index (χ1n) is 8.18. The second-order valence-corrected chi connectivity index (χ2v) is 6.77. The maximum atomic E-state index is 12.9. The molecule has 22 heavy (non-hydrogen) atoms. The molecule has 118 valence electrons. The Balaban J connectivity index is 1.74. The van der Waals surface area contributed by atoms with E-state index in [0.29, 0.717) is 31.6 Å². The molecule has 1 atom stereocenters. The molecule has 0 radical (unpaired) electrons. The Hall–Kier alpha value is -1.84. The van der Waals surface area contributed by atoms with E-state index in [4.69, 9.17) is 5.11 Å². The van der Waals surface area contributed by atoms with Gasteiger partial charge in [-0.2, -0.15) is 0 Å². The first-order chi connectivity index (χ1) is 10.6. The van der Waals surface area contributed by atoms with Crippen LogP contribution in [0.15, 0.2) is 24.3 Å². The van der Waals surface area contributed by atoms with Crippen molar-refractivity contribution >= 4 is 17.6 Å². The average molecular weight is 301 g/mol. The van der Waals surface area contributed by atoms with Crippen LogP contribution in [0.5, 0.6) is 0 Å². The van der Waals surface area contributed by atoms with Crippen LogP contribution < -0.4 is 4.90 Å². The molecule has 0 spiro atoms. The minimum atomic E-state index is -0.720. The molecule has 1 fully saturated rings. The number of rotatable bonds is 2. The molecular weight excluding hydrogens is 278 g/mol. The molecule has 4 heteroatoms. The Labute approximate surface area is 131 Å². The summed E-state index contributed by atoms with van der Waals surface area (Å²) in [6, 6.07) is 8.14. The van der Waals surface area contributed by atoms with Gasteiger partial charge in [0.15, 0.2) is 0 Å². The van der Waals surface area contributed by atoms with Crippen LogP contribution in [-0.2, 0) is 16.0 Å². The van der Waals surface area contributed by atoms with Gasteiger partial charge in [-0.1, -0.05) is 25.1 Å². The number of benzene rings is 1. The number of hydrogen-bond acceptors (Lipinski definition) is 2. The maximum absolute atomic E-state index is 12.9. The van der Waals surface area contributed by atoms with Gasteiger partial charge in [0.25, 0.3) is 0 Å². The van der Waals surface area contributed by atoms with Gasteiger partial charge in [0.2, 0.25) is 5.91 Å². The van der Waals surface area contributed by atoms with Crippen molar-refractivity contribution in [2.45, 2.75) is 39.0 Å². The molecule has 1 heterocycles. The Morgan fingerprint density at radius 2 is 1.73 bits per heavy atom. The highest BCUT2D eigenvalue weighted by molar-refractivity contribution is 5.96. The van der Waals surface area contributed by atoms with Crippen molar-refractivity contribution in [2.24, 2.45) is 17.8 Å². The zero-order valence-electron chi connectivity index (χ0n) is 13.0. The van der Waals surface area contributed by atoms with Gasteiger partial charge in [-0.05, 0) is 49.7 Å². The van der Waals surface area contributed by atoms with Crippen molar-refractivity contribution in [3.8, 4) is 0 Å². The molecular formula is C18H23NO3. The Morgan fingerprint density at radius 3 is 2.41 bits per heavy atom. The van der Waals surface area contributed by atoms with Crippen LogP contribution in [0.3, 0.4) is 0 Å². The third-order valence-corrected chi connectivity index (χ3v) is 5.04. The lowest BCUT2D eigenvalue weighted by Crippen LogP contribution is -2.43. The second-order valence-electron chi connectivity index (χ2n) is 6.77. The number of nitrogens with zero attached hydrogens (tertiary/aromatic N) is 1. The average Bonchev–Trinajstić information content (AvgIpc) is 2.53. The highest BCUT2D eigenvalue weighted by Crippen LogP contribution is 2.35. The predicted octanol–water partition coefficient (Wildman–Crippen LogP) is 3.10. The number of para-hydroxylation sites is 1. The lowest BCUT2D eigenvalue weighted by Gasteiger charge is -2.36. The fraction of sp³-hybridized carbons (Fsp3) is 0.556. The van der Waals surface area contributed by atoms with E-state index in [9.17, 15) is 9.59 Å². The number of aliphatic carboxylic acids is 1. The number of carboxylic acid groups (broad SMARTS) is 1. The fourth-order valence-corrected chi connectivity index (χ4v) is 3.81. The largest absolute Gasteiger partial charge is 0.481 e. The molecule has 0 aromatic heterocycles. The topological polar surface area (TPSA) is 57.6 Å². The summed E-state index contributed by atoms with van der Waals surface area (Å²) in [6.45, 7) is 2.95. The molecule has 0 saturated heterocycles. The van der Waals surface area contributed by atoms with Crippen molar-refractivity contribution in [3.05, 3.63) is 29.8 Å². The van der Waals surface area contributed by atoms with Crippen LogP contribution in [0.25, 0.3) is 0 Å². The summed E-state index contributed by atoms with van der Waals surface area (Å²) in [4.78, 5) is 25.9. The summed E-state index contributed by atoms with van der Waals surface area (Å²) in [7, 11) is 0. The van der Waals surface area contributed by atoms with Gasteiger partial charge >= 0.3 is 5.97 Å². The third kappa shape index (κ3) is 2.87. The van der Waals surface area contributed by atoms with Crippen LogP contribution >= 0.6 is 0 Å². The quantitative estimate of drug-likeness (QED) is 0.913. The molecule has 2 aliphatic rings. The molecule has 1 saturated carbocycles. The molecule has 1 aliphatic carbocycles. The van der Waals surface area contributed by atoms with E-state index in [1.54, 1.807) is 0 Å². The smallest absolute Gasteiger partial charge is 0.306 e. The summed E-state index contributed by atoms with van der Waals surface area (Å²) in [5.41, 5.74) is 2.29. The molecule has 1 amide bonds. The van der Waals surface area contributed by atoms with Gasteiger partial charge in [-0.15, -0.1) is 0 Å². The van der Waals surface area contributed by atoms with Crippen molar-refractivity contribution in [2.75, 3.05) is 11.4 Å². The number of fused-ring (bicyclic) bond motifs is 1. The van der Waals surface area contributed by atoms with Crippen LogP contribution in [-0.4, -0.2) is 23.5 Å². The van der Waals surface area contributed by atoms with Crippen LogP contribution in [0.1, 0.15) is 38.2 Å². The van der Waals surface area contributed by atoms with E-state index in [-0.39, 0.29) is 17.7 Å². The zero-order chi connectivity index (χ0) is 15.7. The summed E-state index contributed by atoms with van der Waals surface area (Å²) < 4.78 is 0. The molecule has 3 rings (SSSR count). The highest BCUT2D eigenvalue weighted by Gasteiger charge is 2.34. The first kappa shape index (κ1) is 15.1. The summed E-state index contributed by atoms with van der Waals surface area (Å²) in [6.07, 6.45) is 3.66. The van der Waals surface area contributed by atoms with Crippen LogP contribution in [0, 0.1) is 17.8 Å². The van der Waals surface area contributed by atoms with Crippen molar-refractivity contribution in [3.63, 3.8) is 0 Å². The fourth-order valence-electron chi connectivity index (χ4n) is 3.81. The zero-order valence-corrected chi connectivity index (χ0v) is 13.0. The minimum absolute atomic E-state index is 0.0195. The number of carbonyl (C=O) groups excluding carboxylic acids is 1. The summed E-state index contributed by atoms with van der Waals surface area (Å²) in [5.74, 6) is -0.356. The van der Waals surface area contributed by atoms with E-state index >= 15 is 0 Å². The Bertz CT molecular complexity index is 575. The van der Waals surface area contributed by atoms with Gasteiger partial charge in [0, 0.05) is 18.2 Å². The predicted molar refractivity (Wildman–Crippen MR) is 84.7 cm³/mol. The maximum Gasteiger partial charge on any atom is 0.306 e. The van der Waals surface area contributed by atoms with E-state index in [0.717, 1.165) is 18.7 Å². The molecule has 1 aromatic rings. The number of anilines is 1. The first-order valence-corrected chi connectivity index (χ1v) is 8.18. The van der Waals surface area contributed by atoms with Gasteiger partial charge in [0.05, 0.1) is 5.92 Å². The summed E-state index contributed by atoms with van der Waals surface area (Å²) >= 11 is 0. The number of hydrogen-bond donors (Lipinski definition) is 1. The SMILES string of the molecule is CC1Cc2ccccc2N(C(=O)C2CCC(C(=O)O)CC2)C1. The molecule has 4 nitrogen and oxygen atoms in total. The Kier molecular flexibility index (Phi) is 4.19. The lowest BCUT2D eigenvalue weighted by atomic mass is 9.81. The van der Waals surface area contributed by atoms with Crippen LogP contribution in [0.2, 0.25) is 0 Å². The van der Waals surface area contributed by atoms with E-state index < -0.39 is 5.97 Å². The molecule has 1 N–H and O–H groups in total. The van der Waals surface area contributed by atoms with Crippen molar-refractivity contribution < 1.29 is 14.7 Å². The van der Waals surface area contributed by atoms with E-state index in [1.807, 2.05) is 23.1 Å². The van der Waals surface area contributed by atoms with E-state index in [1.165, 1.54) is 5.56 Å². The van der Waals surface area contributed by atoms with Gasteiger partial charge in [-0.3, -0.25) is 9.59 Å². The van der Waals surface area contributed by atoms with Gasteiger partial charge in [-0.25, -0.2) is 0 Å². The van der Waals surface area contributed by atoms with Crippen molar-refractivity contribution in [1.29, 1.82) is 0 Å². The second kappa shape index (κ2) is 6.11. The third-order valence-electron chi connectivity index (χ3n) is 5.04. The number of carbonyl (C=O) groups is 2. The van der Waals surface area contributed by atoms with Gasteiger partial charge < -0.3 is 10.0 Å². The minimum Gasteiger partial charge on any atom is -0.481 e.